The molecule has 0 aromatic heterocycles. The number of hydrogen-bond donors (Lipinski definition) is 0. The molecule has 0 aromatic carbocycles. The van der Waals surface area contributed by atoms with Crippen LogP contribution in [0.3, 0.4) is 0 Å². The molecule has 0 amide bonds. The molecule has 5 heteroatoms. The van der Waals surface area contributed by atoms with Crippen molar-refractivity contribution in [1.29, 1.82) is 0 Å². The summed E-state index contributed by atoms with van der Waals surface area (Å²) in [5, 5.41) is 0. The molecule has 0 radical (unpaired) electrons. The molecule has 19 heavy (non-hydrogen) atoms. The largest absolute Gasteiger partial charge is 0.501 e. The van der Waals surface area contributed by atoms with Crippen LogP contribution >= 0.6 is 0 Å². The monoisotopic (exact) mass is 288 g/mol. The van der Waals surface area contributed by atoms with Crippen LogP contribution in [0.2, 0.25) is 12.1 Å². The first-order chi connectivity index (χ1) is 8.95. The van der Waals surface area contributed by atoms with E-state index in [9.17, 15) is 0 Å². The van der Waals surface area contributed by atoms with Gasteiger partial charge in [-0.2, -0.15) is 0 Å². The van der Waals surface area contributed by atoms with E-state index in [4.69, 9.17) is 18.3 Å². The Morgan fingerprint density at radius 1 is 0.789 bits per heavy atom. The molecule has 0 atom stereocenters. The average molecular weight is 288 g/mol. The van der Waals surface area contributed by atoms with Crippen molar-refractivity contribution in [3.05, 3.63) is 23.7 Å². The maximum Gasteiger partial charge on any atom is 0.344 e. The van der Waals surface area contributed by atoms with Crippen molar-refractivity contribution >= 4 is 8.56 Å². The Hall–Kier alpha value is -0.783. The Labute approximate surface area is 118 Å². The Kier molecular flexibility index (Phi) is 9.64. The summed E-state index contributed by atoms with van der Waals surface area (Å²) in [6, 6.07) is 1.59. The molecule has 0 aliphatic carbocycles. The van der Waals surface area contributed by atoms with Crippen molar-refractivity contribution in [3.63, 3.8) is 0 Å². The highest BCUT2D eigenvalue weighted by molar-refractivity contribution is 6.67. The van der Waals surface area contributed by atoms with Gasteiger partial charge in [0.25, 0.3) is 0 Å². The van der Waals surface area contributed by atoms with Gasteiger partial charge < -0.3 is 18.3 Å². The molecule has 112 valence electrons. The number of ether oxygens (including phenoxy) is 2. The zero-order valence-electron chi connectivity index (χ0n) is 13.1. The molecule has 0 saturated heterocycles. The van der Waals surface area contributed by atoms with Gasteiger partial charge in [-0.25, -0.2) is 0 Å². The van der Waals surface area contributed by atoms with Gasteiger partial charge in [-0.3, -0.25) is 0 Å². The van der Waals surface area contributed by atoms with E-state index < -0.39 is 8.56 Å². The molecular formula is C14H28O4Si. The van der Waals surface area contributed by atoms with Gasteiger partial charge >= 0.3 is 8.56 Å². The summed E-state index contributed by atoms with van der Waals surface area (Å²) in [6.07, 6.45) is 3.54. The van der Waals surface area contributed by atoms with Crippen molar-refractivity contribution in [2.45, 2.75) is 39.8 Å². The van der Waals surface area contributed by atoms with E-state index >= 15 is 0 Å². The first-order valence-electron chi connectivity index (χ1n) is 6.56. The third-order valence-electron chi connectivity index (χ3n) is 2.58. The van der Waals surface area contributed by atoms with Gasteiger partial charge in [-0.15, -0.1) is 0 Å². The third kappa shape index (κ3) is 8.86. The SMILES string of the molecule is CO[Si](CCOC=C(C)C)(CCOC=C(C)C)OC. The summed E-state index contributed by atoms with van der Waals surface area (Å²) in [5.74, 6) is 0. The lowest BCUT2D eigenvalue weighted by Crippen LogP contribution is -2.42. The highest BCUT2D eigenvalue weighted by Crippen LogP contribution is 2.18. The van der Waals surface area contributed by atoms with E-state index in [1.165, 1.54) is 0 Å². The molecule has 0 unspecified atom stereocenters. The zero-order chi connectivity index (χ0) is 14.7. The smallest absolute Gasteiger partial charge is 0.344 e. The summed E-state index contributed by atoms with van der Waals surface area (Å²) in [7, 11) is 1.22. The number of hydrogen-bond acceptors (Lipinski definition) is 4. The molecule has 0 aliphatic heterocycles. The van der Waals surface area contributed by atoms with Crippen LogP contribution in [0.1, 0.15) is 27.7 Å². The van der Waals surface area contributed by atoms with Crippen molar-refractivity contribution < 1.29 is 18.3 Å². The van der Waals surface area contributed by atoms with Crippen molar-refractivity contribution in [3.8, 4) is 0 Å². The van der Waals surface area contributed by atoms with Crippen LogP contribution in [0.5, 0.6) is 0 Å². The fraction of sp³-hybridized carbons (Fsp3) is 0.714. The summed E-state index contributed by atoms with van der Waals surface area (Å²) in [4.78, 5) is 0. The van der Waals surface area contributed by atoms with E-state index in [2.05, 4.69) is 0 Å². The topological polar surface area (TPSA) is 36.9 Å². The highest BCUT2D eigenvalue weighted by atomic mass is 28.4. The quantitative estimate of drug-likeness (QED) is 0.350. The molecule has 0 aromatic rings. The fourth-order valence-electron chi connectivity index (χ4n) is 1.50. The van der Waals surface area contributed by atoms with Crippen LogP contribution in [0.4, 0.5) is 0 Å². The van der Waals surface area contributed by atoms with E-state index in [1.54, 1.807) is 26.7 Å². The molecule has 0 N–H and O–H groups in total. The van der Waals surface area contributed by atoms with Crippen LogP contribution in [-0.4, -0.2) is 36.0 Å². The van der Waals surface area contributed by atoms with E-state index in [-0.39, 0.29) is 0 Å². The van der Waals surface area contributed by atoms with Crippen molar-refractivity contribution in [2.24, 2.45) is 0 Å². The minimum Gasteiger partial charge on any atom is -0.501 e. The zero-order valence-corrected chi connectivity index (χ0v) is 14.1. The van der Waals surface area contributed by atoms with Crippen LogP contribution in [0.25, 0.3) is 0 Å². The maximum atomic E-state index is 5.62. The molecule has 0 saturated carbocycles. The third-order valence-corrected chi connectivity index (χ3v) is 6.00. The van der Waals surface area contributed by atoms with Gasteiger partial charge in [-0.05, 0) is 38.8 Å². The Bertz CT molecular complexity index is 262. The second kappa shape index (κ2) is 10.1. The summed E-state index contributed by atoms with van der Waals surface area (Å²) in [5.41, 5.74) is 2.29. The van der Waals surface area contributed by atoms with Gasteiger partial charge in [0, 0.05) is 26.3 Å². The predicted molar refractivity (Wildman–Crippen MR) is 80.2 cm³/mol. The van der Waals surface area contributed by atoms with Crippen molar-refractivity contribution in [2.75, 3.05) is 27.4 Å². The van der Waals surface area contributed by atoms with Gasteiger partial charge in [0.15, 0.2) is 0 Å². The van der Waals surface area contributed by atoms with Gasteiger partial charge in [-0.1, -0.05) is 0 Å². The average Bonchev–Trinajstić information content (AvgIpc) is 2.37. The molecule has 0 rings (SSSR count). The number of rotatable bonds is 10. The predicted octanol–water partition coefficient (Wildman–Crippen LogP) is 3.60. The minimum atomic E-state index is -2.20. The molecule has 4 nitrogen and oxygen atoms in total. The normalized spacial score (nSPS) is 10.8. The lowest BCUT2D eigenvalue weighted by atomic mass is 10.4. The molecule has 0 aliphatic rings. The van der Waals surface area contributed by atoms with Crippen LogP contribution in [-0.2, 0) is 18.3 Å². The van der Waals surface area contributed by atoms with E-state index in [0.717, 1.165) is 23.2 Å². The lowest BCUT2D eigenvalue weighted by Gasteiger charge is -2.26. The molecule has 0 heterocycles. The number of allylic oxidation sites excluding steroid dienone is 2. The second-order valence-corrected chi connectivity index (χ2v) is 8.59. The van der Waals surface area contributed by atoms with Crippen LogP contribution < -0.4 is 0 Å². The van der Waals surface area contributed by atoms with Crippen LogP contribution in [0.15, 0.2) is 23.7 Å². The Morgan fingerprint density at radius 2 is 1.16 bits per heavy atom. The van der Waals surface area contributed by atoms with Gasteiger partial charge in [0.05, 0.1) is 25.7 Å². The standard InChI is InChI=1S/C14H28O4Si/c1-13(2)11-17-7-9-19(15-5,16-6)10-8-18-12-14(3)4/h11-12H,7-10H2,1-6H3. The summed E-state index contributed by atoms with van der Waals surface area (Å²) >= 11 is 0. The Balaban J connectivity index is 4.18. The Morgan fingerprint density at radius 3 is 1.42 bits per heavy atom. The molecule has 0 fully saturated rings. The second-order valence-electron chi connectivity index (χ2n) is 4.95. The maximum absolute atomic E-state index is 5.62. The molecule has 0 spiro atoms. The fourth-order valence-corrected chi connectivity index (χ4v) is 3.59. The lowest BCUT2D eigenvalue weighted by molar-refractivity contribution is 0.194. The van der Waals surface area contributed by atoms with Crippen LogP contribution in [0, 0.1) is 0 Å². The molecule has 0 bridgehead atoms. The molecular weight excluding hydrogens is 260 g/mol. The first-order valence-corrected chi connectivity index (χ1v) is 8.79. The summed E-state index contributed by atoms with van der Waals surface area (Å²) in [6.45, 7) is 9.24. The van der Waals surface area contributed by atoms with Gasteiger partial charge in [0.1, 0.15) is 0 Å². The highest BCUT2D eigenvalue weighted by Gasteiger charge is 2.35. The first kappa shape index (κ1) is 18.2. The van der Waals surface area contributed by atoms with E-state index in [1.807, 2.05) is 27.7 Å². The van der Waals surface area contributed by atoms with Gasteiger partial charge in [0.2, 0.25) is 0 Å². The van der Waals surface area contributed by atoms with Crippen molar-refractivity contribution in [1.82, 2.24) is 0 Å². The minimum absolute atomic E-state index is 0.613. The summed E-state index contributed by atoms with van der Waals surface area (Å²) < 4.78 is 22.2. The van der Waals surface area contributed by atoms with E-state index in [0.29, 0.717) is 13.2 Å².